The van der Waals surface area contributed by atoms with Crippen molar-refractivity contribution >= 4 is 11.8 Å². The highest BCUT2D eigenvalue weighted by Crippen LogP contribution is 2.26. The molecule has 7 heteroatoms. The van der Waals surface area contributed by atoms with Crippen molar-refractivity contribution in [2.75, 3.05) is 6.61 Å². The van der Waals surface area contributed by atoms with Crippen LogP contribution in [0.5, 0.6) is 0 Å². The van der Waals surface area contributed by atoms with Crippen LogP contribution in [0.3, 0.4) is 0 Å². The van der Waals surface area contributed by atoms with Crippen molar-refractivity contribution in [2.24, 2.45) is 5.84 Å². The minimum Gasteiger partial charge on any atom is -0.448 e. The number of hydrogen-bond acceptors (Lipinski definition) is 5. The Labute approximate surface area is 97.7 Å². The molecule has 0 fully saturated rings. The molecule has 1 atom stereocenters. The van der Waals surface area contributed by atoms with Crippen molar-refractivity contribution in [3.63, 3.8) is 0 Å². The molecule has 1 amide bonds. The van der Waals surface area contributed by atoms with Gasteiger partial charge in [-0.15, -0.1) is 0 Å². The Morgan fingerprint density at radius 3 is 2.82 bits per heavy atom. The van der Waals surface area contributed by atoms with Crippen molar-refractivity contribution in [3.8, 4) is 0 Å². The van der Waals surface area contributed by atoms with E-state index in [9.17, 15) is 14.9 Å². The number of amides is 1. The lowest BCUT2D eigenvalue weighted by molar-refractivity contribution is -0.385. The zero-order valence-corrected chi connectivity index (χ0v) is 9.25. The van der Waals surface area contributed by atoms with Crippen LogP contribution in [0.15, 0.2) is 24.3 Å². The standard InChI is InChI=1S/C10H13N3O4/c1-7(6-17-10(14)12-11)8-4-2-3-5-9(8)13(15)16/h2-5,7H,6,11H2,1H3,(H,12,14). The van der Waals surface area contributed by atoms with Gasteiger partial charge in [0.25, 0.3) is 5.69 Å². The number of hydrogen-bond donors (Lipinski definition) is 2. The second-order valence-electron chi connectivity index (χ2n) is 3.46. The Morgan fingerprint density at radius 2 is 2.24 bits per heavy atom. The summed E-state index contributed by atoms with van der Waals surface area (Å²) in [7, 11) is 0. The smallest absolute Gasteiger partial charge is 0.421 e. The van der Waals surface area contributed by atoms with Crippen molar-refractivity contribution < 1.29 is 14.5 Å². The highest BCUT2D eigenvalue weighted by Gasteiger charge is 2.19. The summed E-state index contributed by atoms with van der Waals surface area (Å²) in [5.74, 6) is 4.56. The second-order valence-corrected chi connectivity index (χ2v) is 3.46. The summed E-state index contributed by atoms with van der Waals surface area (Å²) in [5.41, 5.74) is 2.34. The third kappa shape index (κ3) is 3.42. The molecule has 7 nitrogen and oxygen atoms in total. The lowest BCUT2D eigenvalue weighted by Gasteiger charge is -2.12. The van der Waals surface area contributed by atoms with Crippen LogP contribution in [0.2, 0.25) is 0 Å². The number of nitro benzene ring substituents is 1. The number of ether oxygens (including phenoxy) is 1. The van der Waals surface area contributed by atoms with Gasteiger partial charge in [0.05, 0.1) is 4.92 Å². The molecule has 92 valence electrons. The molecule has 1 aromatic carbocycles. The van der Waals surface area contributed by atoms with Gasteiger partial charge >= 0.3 is 6.09 Å². The Bertz CT molecular complexity index is 422. The Morgan fingerprint density at radius 1 is 1.59 bits per heavy atom. The van der Waals surface area contributed by atoms with Gasteiger partial charge in [0.2, 0.25) is 0 Å². The maximum Gasteiger partial charge on any atom is 0.421 e. The Hall–Kier alpha value is -2.15. The van der Waals surface area contributed by atoms with Gasteiger partial charge in [-0.1, -0.05) is 25.1 Å². The van der Waals surface area contributed by atoms with Crippen LogP contribution in [0.25, 0.3) is 0 Å². The van der Waals surface area contributed by atoms with E-state index in [1.807, 2.05) is 5.43 Å². The average Bonchev–Trinajstić information content (AvgIpc) is 2.35. The van der Waals surface area contributed by atoms with Crippen LogP contribution in [-0.4, -0.2) is 17.6 Å². The monoisotopic (exact) mass is 239 g/mol. The number of carbonyl (C=O) groups excluding carboxylic acids is 1. The van der Waals surface area contributed by atoms with Gasteiger partial charge in [0, 0.05) is 17.5 Å². The number of hydrazine groups is 1. The van der Waals surface area contributed by atoms with Gasteiger partial charge in [0.1, 0.15) is 6.61 Å². The SMILES string of the molecule is CC(COC(=O)NN)c1ccccc1[N+](=O)[O-]. The third-order valence-electron chi connectivity index (χ3n) is 2.25. The van der Waals surface area contributed by atoms with E-state index >= 15 is 0 Å². The molecule has 0 heterocycles. The minimum atomic E-state index is -0.768. The molecule has 0 radical (unpaired) electrons. The Kier molecular flexibility index (Phi) is 4.41. The summed E-state index contributed by atoms with van der Waals surface area (Å²) in [5, 5.41) is 10.8. The molecular weight excluding hydrogens is 226 g/mol. The maximum atomic E-state index is 10.8. The molecule has 1 unspecified atom stereocenters. The predicted molar refractivity (Wildman–Crippen MR) is 60.2 cm³/mol. The zero-order chi connectivity index (χ0) is 12.8. The lowest BCUT2D eigenvalue weighted by atomic mass is 10.0. The van der Waals surface area contributed by atoms with Crippen LogP contribution in [0.4, 0.5) is 10.5 Å². The summed E-state index contributed by atoms with van der Waals surface area (Å²) in [6.45, 7) is 1.75. The number of benzene rings is 1. The third-order valence-corrected chi connectivity index (χ3v) is 2.25. The van der Waals surface area contributed by atoms with Gasteiger partial charge in [-0.05, 0) is 0 Å². The van der Waals surface area contributed by atoms with Crippen LogP contribution >= 0.6 is 0 Å². The van der Waals surface area contributed by atoms with Crippen molar-refractivity contribution in [3.05, 3.63) is 39.9 Å². The number of carbonyl (C=O) groups is 1. The summed E-state index contributed by atoms with van der Waals surface area (Å²) in [4.78, 5) is 21.1. The first-order valence-corrected chi connectivity index (χ1v) is 4.93. The fourth-order valence-electron chi connectivity index (χ4n) is 1.40. The average molecular weight is 239 g/mol. The molecule has 3 N–H and O–H groups in total. The highest BCUT2D eigenvalue weighted by atomic mass is 16.6. The number of nitrogens with one attached hydrogen (secondary N) is 1. The van der Waals surface area contributed by atoms with E-state index in [1.54, 1.807) is 25.1 Å². The van der Waals surface area contributed by atoms with Crippen LogP contribution in [0.1, 0.15) is 18.4 Å². The van der Waals surface area contributed by atoms with Crippen molar-refractivity contribution in [2.45, 2.75) is 12.8 Å². The van der Waals surface area contributed by atoms with Crippen LogP contribution in [-0.2, 0) is 4.74 Å². The summed E-state index contributed by atoms with van der Waals surface area (Å²) in [6, 6.07) is 6.32. The van der Waals surface area contributed by atoms with Crippen molar-refractivity contribution in [1.29, 1.82) is 0 Å². The number of para-hydroxylation sites is 1. The molecule has 1 aromatic rings. The fourth-order valence-corrected chi connectivity index (χ4v) is 1.40. The van der Waals surface area contributed by atoms with E-state index in [4.69, 9.17) is 10.6 Å². The van der Waals surface area contributed by atoms with Gasteiger partial charge in [-0.2, -0.15) is 0 Å². The molecule has 0 spiro atoms. The van der Waals surface area contributed by atoms with E-state index in [0.29, 0.717) is 5.56 Å². The first-order chi connectivity index (χ1) is 8.06. The number of nitrogens with two attached hydrogens (primary N) is 1. The van der Waals surface area contributed by atoms with E-state index < -0.39 is 11.0 Å². The highest BCUT2D eigenvalue weighted by molar-refractivity contribution is 5.66. The molecule has 0 saturated carbocycles. The molecule has 0 aliphatic carbocycles. The molecule has 1 rings (SSSR count). The van der Waals surface area contributed by atoms with Crippen LogP contribution in [0, 0.1) is 10.1 Å². The largest absolute Gasteiger partial charge is 0.448 e. The summed E-state index contributed by atoms with van der Waals surface area (Å²) < 4.78 is 4.74. The predicted octanol–water partition coefficient (Wildman–Crippen LogP) is 1.30. The van der Waals surface area contributed by atoms with E-state index in [0.717, 1.165) is 0 Å². The molecule has 0 aliphatic heterocycles. The van der Waals surface area contributed by atoms with Gasteiger partial charge in [0.15, 0.2) is 0 Å². The van der Waals surface area contributed by atoms with Crippen molar-refractivity contribution in [1.82, 2.24) is 5.43 Å². The summed E-state index contributed by atoms with van der Waals surface area (Å²) >= 11 is 0. The number of nitrogens with zero attached hydrogens (tertiary/aromatic N) is 1. The molecule has 17 heavy (non-hydrogen) atoms. The Balaban J connectivity index is 2.78. The first-order valence-electron chi connectivity index (χ1n) is 4.93. The number of rotatable bonds is 4. The zero-order valence-electron chi connectivity index (χ0n) is 9.25. The van der Waals surface area contributed by atoms with E-state index in [1.165, 1.54) is 6.07 Å². The lowest BCUT2D eigenvalue weighted by Crippen LogP contribution is -2.31. The second kappa shape index (κ2) is 5.80. The number of nitro groups is 1. The van der Waals surface area contributed by atoms with Gasteiger partial charge < -0.3 is 4.74 Å². The van der Waals surface area contributed by atoms with E-state index in [-0.39, 0.29) is 18.2 Å². The minimum absolute atomic E-state index is 0.0109. The molecule has 0 aromatic heterocycles. The van der Waals surface area contributed by atoms with Crippen LogP contribution < -0.4 is 11.3 Å². The quantitative estimate of drug-likeness (QED) is 0.356. The first kappa shape index (κ1) is 12.9. The topological polar surface area (TPSA) is 107 Å². The normalized spacial score (nSPS) is 11.6. The maximum absolute atomic E-state index is 10.8. The molecule has 0 saturated heterocycles. The van der Waals surface area contributed by atoms with E-state index in [2.05, 4.69) is 0 Å². The molecule has 0 aliphatic rings. The van der Waals surface area contributed by atoms with Gasteiger partial charge in [-0.3, -0.25) is 15.5 Å². The van der Waals surface area contributed by atoms with Gasteiger partial charge in [-0.25, -0.2) is 10.6 Å². The molecular formula is C10H13N3O4. The molecule has 0 bridgehead atoms. The fraction of sp³-hybridized carbons (Fsp3) is 0.300. The summed E-state index contributed by atoms with van der Waals surface area (Å²) in [6.07, 6.45) is -0.768.